The number of ketones is 2. The lowest BCUT2D eigenvalue weighted by atomic mass is 9.80. The Labute approximate surface area is 134 Å². The third kappa shape index (κ3) is 4.53. The number of carbonyl (C=O) groups excluding carboxylic acids is 2. The second-order valence-corrected chi connectivity index (χ2v) is 7.03. The van der Waals surface area contributed by atoms with E-state index in [-0.39, 0.29) is 29.8 Å². The van der Waals surface area contributed by atoms with Crippen molar-refractivity contribution in [2.24, 2.45) is 11.8 Å². The fraction of sp³-hybridized carbons (Fsp3) is 0.600. The van der Waals surface area contributed by atoms with E-state index in [4.69, 9.17) is 0 Å². The molecule has 1 saturated carbocycles. The van der Waals surface area contributed by atoms with Gasteiger partial charge in [0.1, 0.15) is 11.6 Å². The third-order valence-corrected chi connectivity index (χ3v) is 4.85. The molecule has 22 heavy (non-hydrogen) atoms. The number of allylic oxidation sites excluding steroid dienone is 6. The summed E-state index contributed by atoms with van der Waals surface area (Å²) in [5.74, 6) is 0.335. The Morgan fingerprint density at radius 1 is 1.09 bits per heavy atom. The number of hydrogen-bond donors (Lipinski definition) is 0. The summed E-state index contributed by atoms with van der Waals surface area (Å²) in [6.45, 7) is 6.47. The Balaban J connectivity index is 1.78. The molecule has 120 valence electrons. The average molecular weight is 300 g/mol. The molecule has 2 aliphatic rings. The Hall–Kier alpha value is -1.44. The second-order valence-electron chi connectivity index (χ2n) is 7.03. The molecule has 2 rings (SSSR count). The summed E-state index contributed by atoms with van der Waals surface area (Å²) in [4.78, 5) is 23.6. The van der Waals surface area contributed by atoms with Gasteiger partial charge in [0.05, 0.1) is 6.42 Å². The number of Topliss-reactive ketones (excluding diaryl/α,β-unsaturated/α-hetero) is 2. The fourth-order valence-electron chi connectivity index (χ4n) is 3.49. The van der Waals surface area contributed by atoms with E-state index in [9.17, 15) is 9.59 Å². The molecule has 2 unspecified atom stereocenters. The first kappa shape index (κ1) is 16.9. The van der Waals surface area contributed by atoms with Gasteiger partial charge in [0.25, 0.3) is 0 Å². The van der Waals surface area contributed by atoms with Gasteiger partial charge in [-0.05, 0) is 59.3 Å². The van der Waals surface area contributed by atoms with E-state index in [1.165, 1.54) is 16.7 Å². The van der Waals surface area contributed by atoms with Crippen molar-refractivity contribution >= 4 is 11.6 Å². The maximum atomic E-state index is 11.9. The summed E-state index contributed by atoms with van der Waals surface area (Å²) < 4.78 is 0. The zero-order valence-corrected chi connectivity index (χ0v) is 14.2. The minimum absolute atomic E-state index is 0.00222. The predicted octanol–water partition coefficient (Wildman–Crippen LogP) is 4.95. The molecule has 0 spiro atoms. The molecule has 0 bridgehead atoms. The molecule has 0 aromatic heterocycles. The highest BCUT2D eigenvalue weighted by Gasteiger charge is 2.42. The predicted molar refractivity (Wildman–Crippen MR) is 90.6 cm³/mol. The molecule has 0 amide bonds. The van der Waals surface area contributed by atoms with Crippen LogP contribution in [0, 0.1) is 11.8 Å². The highest BCUT2D eigenvalue weighted by Crippen LogP contribution is 2.38. The summed E-state index contributed by atoms with van der Waals surface area (Å²) in [6.07, 6.45) is 12.9. The van der Waals surface area contributed by atoms with Gasteiger partial charge in [-0.1, -0.05) is 34.9 Å². The van der Waals surface area contributed by atoms with Crippen molar-refractivity contribution in [2.75, 3.05) is 0 Å². The maximum Gasteiger partial charge on any atom is 0.144 e. The van der Waals surface area contributed by atoms with E-state index in [1.807, 2.05) is 0 Å². The molecule has 2 heteroatoms. The van der Waals surface area contributed by atoms with Crippen LogP contribution in [-0.4, -0.2) is 11.6 Å². The van der Waals surface area contributed by atoms with Crippen LogP contribution < -0.4 is 0 Å². The van der Waals surface area contributed by atoms with Crippen LogP contribution in [0.3, 0.4) is 0 Å². The van der Waals surface area contributed by atoms with Crippen LogP contribution in [-0.2, 0) is 9.59 Å². The maximum absolute atomic E-state index is 11.9. The molecular formula is C20H28O2. The third-order valence-electron chi connectivity index (χ3n) is 4.85. The Bertz CT molecular complexity index is 530. The van der Waals surface area contributed by atoms with Crippen LogP contribution in [0.15, 0.2) is 34.9 Å². The van der Waals surface area contributed by atoms with Crippen molar-refractivity contribution < 1.29 is 9.59 Å². The van der Waals surface area contributed by atoms with Gasteiger partial charge in [-0.3, -0.25) is 9.59 Å². The lowest BCUT2D eigenvalue weighted by Gasteiger charge is -2.23. The topological polar surface area (TPSA) is 34.1 Å². The zero-order chi connectivity index (χ0) is 16.1. The smallest absolute Gasteiger partial charge is 0.144 e. The van der Waals surface area contributed by atoms with Crippen LogP contribution in [0.5, 0.6) is 0 Å². The van der Waals surface area contributed by atoms with Gasteiger partial charge in [0.15, 0.2) is 0 Å². The molecule has 2 aliphatic carbocycles. The quantitative estimate of drug-likeness (QED) is 0.513. The SMILES string of the molecule is CC(C)=CCC/C(C)=C/CCC1=CCC2C(=O)CC(=O)C2C1. The standard InChI is InChI=1S/C20H28O2/c1-14(2)6-4-7-15(3)8-5-9-16-10-11-17-18(12-16)20(22)13-19(17)21/h6,8,10,17-18H,4-5,7,9,11-13H2,1-3H3/b15-8+. The van der Waals surface area contributed by atoms with E-state index in [0.29, 0.717) is 0 Å². The fourth-order valence-corrected chi connectivity index (χ4v) is 3.49. The van der Waals surface area contributed by atoms with Gasteiger partial charge in [-0.25, -0.2) is 0 Å². The summed E-state index contributed by atoms with van der Waals surface area (Å²) in [7, 11) is 0. The van der Waals surface area contributed by atoms with E-state index < -0.39 is 0 Å². The first-order chi connectivity index (χ1) is 10.5. The molecular weight excluding hydrogens is 272 g/mol. The van der Waals surface area contributed by atoms with Gasteiger partial charge < -0.3 is 0 Å². The summed E-state index contributed by atoms with van der Waals surface area (Å²) >= 11 is 0. The van der Waals surface area contributed by atoms with Crippen molar-refractivity contribution in [3.63, 3.8) is 0 Å². The molecule has 1 fully saturated rings. The Morgan fingerprint density at radius 2 is 1.82 bits per heavy atom. The van der Waals surface area contributed by atoms with Crippen molar-refractivity contribution in [3.05, 3.63) is 34.9 Å². The van der Waals surface area contributed by atoms with E-state index in [0.717, 1.165) is 38.5 Å². The molecule has 0 saturated heterocycles. The Kier molecular flexibility index (Phi) is 5.93. The average Bonchev–Trinajstić information content (AvgIpc) is 2.73. The normalized spacial score (nSPS) is 25.0. The lowest BCUT2D eigenvalue weighted by molar-refractivity contribution is -0.122. The van der Waals surface area contributed by atoms with Gasteiger partial charge in [0, 0.05) is 11.8 Å². The monoisotopic (exact) mass is 300 g/mol. The van der Waals surface area contributed by atoms with Crippen molar-refractivity contribution in [2.45, 2.75) is 65.7 Å². The largest absolute Gasteiger partial charge is 0.299 e. The van der Waals surface area contributed by atoms with Crippen LogP contribution in [0.1, 0.15) is 65.7 Å². The van der Waals surface area contributed by atoms with E-state index >= 15 is 0 Å². The second kappa shape index (κ2) is 7.71. The van der Waals surface area contributed by atoms with Crippen molar-refractivity contribution in [1.29, 1.82) is 0 Å². The first-order valence-corrected chi connectivity index (χ1v) is 8.49. The molecule has 0 aromatic rings. The number of rotatable bonds is 6. The van der Waals surface area contributed by atoms with E-state index in [1.54, 1.807) is 0 Å². The highest BCUT2D eigenvalue weighted by molar-refractivity contribution is 6.08. The van der Waals surface area contributed by atoms with Gasteiger partial charge in [0.2, 0.25) is 0 Å². The van der Waals surface area contributed by atoms with Crippen LogP contribution in [0.25, 0.3) is 0 Å². The number of carbonyl (C=O) groups is 2. The minimum atomic E-state index is -0.00440. The van der Waals surface area contributed by atoms with Gasteiger partial charge in [-0.2, -0.15) is 0 Å². The molecule has 2 nitrogen and oxygen atoms in total. The molecule has 2 atom stereocenters. The van der Waals surface area contributed by atoms with Crippen LogP contribution >= 0.6 is 0 Å². The highest BCUT2D eigenvalue weighted by atomic mass is 16.2. The van der Waals surface area contributed by atoms with Crippen LogP contribution in [0.4, 0.5) is 0 Å². The minimum Gasteiger partial charge on any atom is -0.299 e. The molecule has 0 aliphatic heterocycles. The van der Waals surface area contributed by atoms with Gasteiger partial charge >= 0.3 is 0 Å². The lowest BCUT2D eigenvalue weighted by Crippen LogP contribution is -2.21. The molecule has 0 heterocycles. The first-order valence-electron chi connectivity index (χ1n) is 8.49. The summed E-state index contributed by atoms with van der Waals surface area (Å²) in [6, 6.07) is 0. The molecule has 0 aromatic carbocycles. The molecule has 0 radical (unpaired) electrons. The Morgan fingerprint density at radius 3 is 2.55 bits per heavy atom. The molecule has 0 N–H and O–H groups in total. The van der Waals surface area contributed by atoms with Gasteiger partial charge in [-0.15, -0.1) is 0 Å². The number of fused-ring (bicyclic) bond motifs is 1. The number of hydrogen-bond acceptors (Lipinski definition) is 2. The van der Waals surface area contributed by atoms with Crippen molar-refractivity contribution in [3.8, 4) is 0 Å². The van der Waals surface area contributed by atoms with Crippen molar-refractivity contribution in [1.82, 2.24) is 0 Å². The zero-order valence-electron chi connectivity index (χ0n) is 14.2. The van der Waals surface area contributed by atoms with E-state index in [2.05, 4.69) is 39.0 Å². The van der Waals surface area contributed by atoms with Crippen LogP contribution in [0.2, 0.25) is 0 Å². The summed E-state index contributed by atoms with van der Waals surface area (Å²) in [5.41, 5.74) is 4.20. The summed E-state index contributed by atoms with van der Waals surface area (Å²) in [5, 5.41) is 0.